The first-order chi connectivity index (χ1) is 11.5. The van der Waals surface area contributed by atoms with Crippen LogP contribution in [0.5, 0.6) is 11.5 Å². The molecule has 120 valence electrons. The maximum absolute atomic E-state index is 12.5. The molecule has 24 heavy (non-hydrogen) atoms. The fourth-order valence-electron chi connectivity index (χ4n) is 2.99. The van der Waals surface area contributed by atoms with Gasteiger partial charge >= 0.3 is 0 Å². The van der Waals surface area contributed by atoms with Crippen LogP contribution in [0.25, 0.3) is 0 Å². The Morgan fingerprint density at radius 2 is 1.96 bits per heavy atom. The molecule has 3 heterocycles. The number of halogens is 2. The topological polar surface area (TPSA) is 81.0 Å². The number of nitrogens with one attached hydrogen (secondary N) is 1. The van der Waals surface area contributed by atoms with Crippen LogP contribution >= 0.6 is 27.5 Å². The summed E-state index contributed by atoms with van der Waals surface area (Å²) >= 11 is 9.52. The zero-order chi connectivity index (χ0) is 16.9. The molecule has 3 aromatic rings. The van der Waals surface area contributed by atoms with E-state index < -0.39 is 5.54 Å². The predicted octanol–water partition coefficient (Wildman–Crippen LogP) is 3.54. The summed E-state index contributed by atoms with van der Waals surface area (Å²) < 4.78 is 6.74. The van der Waals surface area contributed by atoms with Crippen molar-refractivity contribution in [2.24, 2.45) is 5.73 Å². The number of hydrogen-bond donors (Lipinski definition) is 2. The van der Waals surface area contributed by atoms with E-state index in [9.17, 15) is 4.79 Å². The van der Waals surface area contributed by atoms with E-state index in [0.29, 0.717) is 28.2 Å². The van der Waals surface area contributed by atoms with Crippen molar-refractivity contribution in [1.82, 2.24) is 9.97 Å². The Morgan fingerprint density at radius 3 is 2.75 bits per heavy atom. The van der Waals surface area contributed by atoms with E-state index in [1.165, 1.54) is 6.20 Å². The van der Waals surface area contributed by atoms with Crippen molar-refractivity contribution in [3.63, 3.8) is 0 Å². The minimum absolute atomic E-state index is 0.272. The van der Waals surface area contributed by atoms with Crippen LogP contribution in [-0.2, 0) is 5.54 Å². The highest BCUT2D eigenvalue weighted by Gasteiger charge is 2.42. The van der Waals surface area contributed by atoms with Crippen LogP contribution in [0, 0.1) is 0 Å². The third-order valence-electron chi connectivity index (χ3n) is 4.09. The van der Waals surface area contributed by atoms with E-state index in [0.717, 1.165) is 4.47 Å². The number of pyridine rings is 2. The molecule has 1 aliphatic heterocycles. The van der Waals surface area contributed by atoms with Crippen molar-refractivity contribution < 1.29 is 4.74 Å². The molecule has 0 bridgehead atoms. The maximum atomic E-state index is 12.5. The van der Waals surface area contributed by atoms with Crippen molar-refractivity contribution in [1.29, 1.82) is 0 Å². The Kier molecular flexibility index (Phi) is 3.49. The Morgan fingerprint density at radius 1 is 1.17 bits per heavy atom. The fourth-order valence-corrected chi connectivity index (χ4v) is 3.51. The highest BCUT2D eigenvalue weighted by Crippen LogP contribution is 2.48. The molecule has 1 unspecified atom stereocenters. The van der Waals surface area contributed by atoms with Gasteiger partial charge in [-0.2, -0.15) is 0 Å². The number of aromatic amines is 1. The van der Waals surface area contributed by atoms with Crippen LogP contribution < -0.4 is 16.0 Å². The summed E-state index contributed by atoms with van der Waals surface area (Å²) in [6.07, 6.45) is 3.08. The second-order valence-electron chi connectivity index (χ2n) is 5.47. The van der Waals surface area contributed by atoms with Gasteiger partial charge in [-0.05, 0) is 36.4 Å². The number of benzene rings is 1. The summed E-state index contributed by atoms with van der Waals surface area (Å²) in [7, 11) is 0. The quantitative estimate of drug-likeness (QED) is 0.608. The average molecular weight is 405 g/mol. The monoisotopic (exact) mass is 403 g/mol. The maximum Gasteiger partial charge on any atom is 0.253 e. The molecular formula is C17H11BrClN3O2. The zero-order valence-electron chi connectivity index (χ0n) is 12.2. The molecule has 5 nitrogen and oxygen atoms in total. The summed E-state index contributed by atoms with van der Waals surface area (Å²) in [5.41, 5.74) is 7.01. The number of aromatic nitrogens is 2. The molecule has 0 fully saturated rings. The fraction of sp³-hybridized carbons (Fsp3) is 0.0588. The van der Waals surface area contributed by atoms with Crippen molar-refractivity contribution in [3.05, 3.63) is 85.5 Å². The molecule has 1 aliphatic rings. The van der Waals surface area contributed by atoms with Gasteiger partial charge in [-0.25, -0.2) is 4.98 Å². The van der Waals surface area contributed by atoms with Crippen molar-refractivity contribution in [2.75, 3.05) is 0 Å². The molecule has 0 aliphatic carbocycles. The van der Waals surface area contributed by atoms with E-state index in [4.69, 9.17) is 22.1 Å². The number of ether oxygens (including phenoxy) is 1. The molecule has 2 aromatic heterocycles. The first-order valence-electron chi connectivity index (χ1n) is 7.11. The number of nitrogens with two attached hydrogens (primary N) is 1. The molecule has 0 radical (unpaired) electrons. The van der Waals surface area contributed by atoms with E-state index in [2.05, 4.69) is 25.9 Å². The Balaban J connectivity index is 2.13. The summed E-state index contributed by atoms with van der Waals surface area (Å²) in [4.78, 5) is 19.2. The molecule has 3 N–H and O–H groups in total. The first kappa shape index (κ1) is 15.4. The molecular weight excluding hydrogens is 394 g/mol. The van der Waals surface area contributed by atoms with Gasteiger partial charge in [0.15, 0.2) is 5.75 Å². The van der Waals surface area contributed by atoms with Gasteiger partial charge < -0.3 is 15.5 Å². The standard InChI is InChI=1S/C17H11BrClN3O2/c18-9-3-4-13-11(6-9)17(20,10-2-1-5-21-16(10)23)12-7-15(19)22-8-14(12)24-13/h1-8H,20H2,(H,21,23). The van der Waals surface area contributed by atoms with E-state index in [1.54, 1.807) is 30.5 Å². The van der Waals surface area contributed by atoms with Crippen molar-refractivity contribution in [3.8, 4) is 11.5 Å². The number of H-pyrrole nitrogens is 1. The SMILES string of the molecule is NC1(c2ccc[nH]c2=O)c2cc(Br)ccc2Oc2cnc(Cl)cc21. The summed E-state index contributed by atoms with van der Waals surface area (Å²) in [5, 5.41) is 0.276. The third kappa shape index (κ3) is 2.18. The second-order valence-corrected chi connectivity index (χ2v) is 6.77. The minimum atomic E-state index is -1.21. The lowest BCUT2D eigenvalue weighted by molar-refractivity contribution is 0.417. The molecule has 0 spiro atoms. The van der Waals surface area contributed by atoms with Gasteiger partial charge in [-0.1, -0.05) is 27.5 Å². The smallest absolute Gasteiger partial charge is 0.253 e. The Bertz CT molecular complexity index is 967. The molecule has 4 rings (SSSR count). The summed E-state index contributed by atoms with van der Waals surface area (Å²) in [6, 6.07) is 10.6. The van der Waals surface area contributed by atoms with Crippen molar-refractivity contribution >= 4 is 27.5 Å². The normalized spacial score (nSPS) is 18.5. The molecule has 1 atom stereocenters. The minimum Gasteiger partial charge on any atom is -0.455 e. The lowest BCUT2D eigenvalue weighted by atomic mass is 9.76. The second kappa shape index (κ2) is 5.44. The number of nitrogens with zero attached hydrogens (tertiary/aromatic N) is 1. The van der Waals surface area contributed by atoms with Crippen LogP contribution in [0.15, 0.2) is 58.1 Å². The summed E-state index contributed by atoms with van der Waals surface area (Å²) in [6.45, 7) is 0. The lowest BCUT2D eigenvalue weighted by Crippen LogP contribution is -2.45. The number of rotatable bonds is 1. The number of fused-ring (bicyclic) bond motifs is 2. The largest absolute Gasteiger partial charge is 0.455 e. The van der Waals surface area contributed by atoms with Gasteiger partial charge in [0.05, 0.1) is 6.20 Å². The van der Waals surface area contributed by atoms with Crippen LogP contribution in [0.3, 0.4) is 0 Å². The van der Waals surface area contributed by atoms with Gasteiger partial charge in [0, 0.05) is 27.4 Å². The van der Waals surface area contributed by atoms with Crippen LogP contribution in [0.1, 0.15) is 16.7 Å². The van der Waals surface area contributed by atoms with Gasteiger partial charge in [0.2, 0.25) is 0 Å². The van der Waals surface area contributed by atoms with Gasteiger partial charge in [0.1, 0.15) is 16.4 Å². The van der Waals surface area contributed by atoms with Crippen molar-refractivity contribution in [2.45, 2.75) is 5.54 Å². The van der Waals surface area contributed by atoms with Crippen LogP contribution in [0.4, 0.5) is 0 Å². The first-order valence-corrected chi connectivity index (χ1v) is 8.28. The average Bonchev–Trinajstić information content (AvgIpc) is 2.57. The predicted molar refractivity (Wildman–Crippen MR) is 94.6 cm³/mol. The van der Waals surface area contributed by atoms with Gasteiger partial charge in [0.25, 0.3) is 5.56 Å². The van der Waals surface area contributed by atoms with E-state index >= 15 is 0 Å². The van der Waals surface area contributed by atoms with Crippen LogP contribution in [0.2, 0.25) is 5.15 Å². The summed E-state index contributed by atoms with van der Waals surface area (Å²) in [5.74, 6) is 1.04. The van der Waals surface area contributed by atoms with Gasteiger partial charge in [-0.15, -0.1) is 0 Å². The molecule has 0 saturated carbocycles. The highest BCUT2D eigenvalue weighted by atomic mass is 79.9. The van der Waals surface area contributed by atoms with E-state index in [-0.39, 0.29) is 10.7 Å². The highest BCUT2D eigenvalue weighted by molar-refractivity contribution is 9.10. The third-order valence-corrected chi connectivity index (χ3v) is 4.79. The Labute approximate surface area is 150 Å². The van der Waals surface area contributed by atoms with Gasteiger partial charge in [-0.3, -0.25) is 4.79 Å². The number of hydrogen-bond acceptors (Lipinski definition) is 4. The zero-order valence-corrected chi connectivity index (χ0v) is 14.6. The molecule has 1 aromatic carbocycles. The van der Waals surface area contributed by atoms with E-state index in [1.807, 2.05) is 12.1 Å². The molecule has 0 saturated heterocycles. The lowest BCUT2D eigenvalue weighted by Gasteiger charge is -2.36. The molecule has 7 heteroatoms. The Hall–Kier alpha value is -2.15. The van der Waals surface area contributed by atoms with Crippen LogP contribution in [-0.4, -0.2) is 9.97 Å². The molecule has 0 amide bonds.